The summed E-state index contributed by atoms with van der Waals surface area (Å²) in [6.45, 7) is 10.3. The predicted octanol–water partition coefficient (Wildman–Crippen LogP) is 3.11. The van der Waals surface area contributed by atoms with Crippen LogP contribution < -0.4 is 11.1 Å². The number of hydrogen-bond donors (Lipinski definition) is 2. The Kier molecular flexibility index (Phi) is 5.97. The molecule has 5 nitrogen and oxygen atoms in total. The molecule has 0 saturated carbocycles. The van der Waals surface area contributed by atoms with E-state index in [1.807, 2.05) is 25.1 Å². The number of aryl methyl sites for hydroxylation is 2. The van der Waals surface area contributed by atoms with E-state index in [1.54, 1.807) is 4.68 Å². The molecule has 3 N–H and O–H groups in total. The highest BCUT2D eigenvalue weighted by Crippen LogP contribution is 2.27. The Morgan fingerprint density at radius 3 is 2.43 bits per heavy atom. The van der Waals surface area contributed by atoms with Gasteiger partial charge in [-0.25, -0.2) is 4.68 Å². The van der Waals surface area contributed by atoms with Gasteiger partial charge in [-0.05, 0) is 25.5 Å². The van der Waals surface area contributed by atoms with Gasteiger partial charge in [0.2, 0.25) is 5.91 Å². The van der Waals surface area contributed by atoms with Gasteiger partial charge >= 0.3 is 0 Å². The molecule has 0 atom stereocenters. The third kappa shape index (κ3) is 4.33. The summed E-state index contributed by atoms with van der Waals surface area (Å²) < 4.78 is 1.78. The van der Waals surface area contributed by atoms with Crippen molar-refractivity contribution < 1.29 is 4.79 Å². The summed E-state index contributed by atoms with van der Waals surface area (Å²) in [4.78, 5) is 11.7. The Hall–Kier alpha value is -1.85. The number of benzene rings is 1. The van der Waals surface area contributed by atoms with Gasteiger partial charge in [-0.3, -0.25) is 4.79 Å². The number of nitrogens with zero attached hydrogens (tertiary/aromatic N) is 2. The summed E-state index contributed by atoms with van der Waals surface area (Å²) >= 11 is 0. The van der Waals surface area contributed by atoms with E-state index < -0.39 is 0 Å². The van der Waals surface area contributed by atoms with Crippen molar-refractivity contribution in [3.8, 4) is 5.69 Å². The lowest BCUT2D eigenvalue weighted by Crippen LogP contribution is -2.23. The van der Waals surface area contributed by atoms with Crippen molar-refractivity contribution in [2.45, 2.75) is 40.0 Å². The number of aromatic nitrogens is 2. The number of halogens is 1. The molecule has 0 unspecified atom stereocenters. The minimum absolute atomic E-state index is 0. The molecule has 2 rings (SSSR count). The molecule has 23 heavy (non-hydrogen) atoms. The molecule has 0 spiro atoms. The van der Waals surface area contributed by atoms with Crippen molar-refractivity contribution in [2.24, 2.45) is 5.73 Å². The van der Waals surface area contributed by atoms with E-state index in [1.165, 1.54) is 5.56 Å². The highest BCUT2D eigenvalue weighted by molar-refractivity contribution is 5.91. The van der Waals surface area contributed by atoms with Crippen molar-refractivity contribution >= 4 is 24.1 Å². The second-order valence-corrected chi connectivity index (χ2v) is 6.62. The maximum Gasteiger partial charge on any atom is 0.239 e. The van der Waals surface area contributed by atoms with Crippen molar-refractivity contribution in [3.63, 3.8) is 0 Å². The summed E-state index contributed by atoms with van der Waals surface area (Å²) in [6, 6.07) is 8.06. The fourth-order valence-electron chi connectivity index (χ4n) is 2.26. The van der Waals surface area contributed by atoms with Crippen LogP contribution in [-0.4, -0.2) is 22.2 Å². The largest absolute Gasteiger partial charge is 0.322 e. The Balaban J connectivity index is 0.00000264. The van der Waals surface area contributed by atoms with Crippen LogP contribution in [0, 0.1) is 13.8 Å². The van der Waals surface area contributed by atoms with Crippen molar-refractivity contribution in [3.05, 3.63) is 41.1 Å². The fourth-order valence-corrected chi connectivity index (χ4v) is 2.26. The fraction of sp³-hybridized carbons (Fsp3) is 0.412. The first-order chi connectivity index (χ1) is 10.2. The van der Waals surface area contributed by atoms with Crippen LogP contribution in [0.2, 0.25) is 0 Å². The highest BCUT2D eigenvalue weighted by atomic mass is 35.5. The van der Waals surface area contributed by atoms with Gasteiger partial charge in [0, 0.05) is 11.5 Å². The molecule has 0 fully saturated rings. The van der Waals surface area contributed by atoms with Crippen LogP contribution in [0.3, 0.4) is 0 Å². The Morgan fingerprint density at radius 1 is 1.26 bits per heavy atom. The maximum absolute atomic E-state index is 11.7. The topological polar surface area (TPSA) is 72.9 Å². The van der Waals surface area contributed by atoms with Gasteiger partial charge in [0.05, 0.1) is 17.9 Å². The average molecular weight is 337 g/mol. The molecule has 0 saturated heterocycles. The van der Waals surface area contributed by atoms with Crippen molar-refractivity contribution in [2.75, 3.05) is 11.9 Å². The normalized spacial score (nSPS) is 11.0. The molecule has 126 valence electrons. The molecule has 0 bridgehead atoms. The summed E-state index contributed by atoms with van der Waals surface area (Å²) in [5.74, 6) is 0.415. The first kappa shape index (κ1) is 19.2. The minimum Gasteiger partial charge on any atom is -0.322 e. The summed E-state index contributed by atoms with van der Waals surface area (Å²) in [5.41, 5.74) is 9.47. The van der Waals surface area contributed by atoms with E-state index in [4.69, 9.17) is 10.8 Å². The number of carbonyl (C=O) groups excluding carboxylic acids is 1. The van der Waals surface area contributed by atoms with Crippen LogP contribution in [-0.2, 0) is 10.2 Å². The molecule has 1 aromatic heterocycles. The van der Waals surface area contributed by atoms with Gasteiger partial charge in [-0.15, -0.1) is 12.4 Å². The van der Waals surface area contributed by atoms with E-state index in [2.05, 4.69) is 39.1 Å². The lowest BCUT2D eigenvalue weighted by molar-refractivity contribution is -0.114. The number of hydrogen-bond acceptors (Lipinski definition) is 3. The van der Waals surface area contributed by atoms with Crippen LogP contribution in [0.15, 0.2) is 24.3 Å². The number of nitrogens with one attached hydrogen (secondary N) is 1. The minimum atomic E-state index is -0.230. The van der Waals surface area contributed by atoms with Crippen LogP contribution in [0.1, 0.15) is 37.6 Å². The zero-order valence-electron chi connectivity index (χ0n) is 14.3. The summed E-state index contributed by atoms with van der Waals surface area (Å²) in [6.07, 6.45) is 0. The quantitative estimate of drug-likeness (QED) is 0.904. The number of nitrogens with two attached hydrogens (primary N) is 1. The zero-order valence-corrected chi connectivity index (χ0v) is 15.1. The molecule has 6 heteroatoms. The van der Waals surface area contributed by atoms with Crippen molar-refractivity contribution in [1.82, 2.24) is 9.78 Å². The van der Waals surface area contributed by atoms with Gasteiger partial charge in [-0.2, -0.15) is 5.10 Å². The monoisotopic (exact) mass is 336 g/mol. The van der Waals surface area contributed by atoms with Crippen molar-refractivity contribution in [1.29, 1.82) is 0 Å². The van der Waals surface area contributed by atoms with E-state index in [0.717, 1.165) is 16.9 Å². The molecule has 1 aromatic carbocycles. The number of amides is 1. The van der Waals surface area contributed by atoms with Gasteiger partial charge < -0.3 is 11.1 Å². The van der Waals surface area contributed by atoms with E-state index in [0.29, 0.717) is 5.82 Å². The van der Waals surface area contributed by atoms with Gasteiger partial charge in [0.25, 0.3) is 0 Å². The molecule has 0 aliphatic rings. The van der Waals surface area contributed by atoms with E-state index in [-0.39, 0.29) is 30.3 Å². The molecule has 1 amide bonds. The van der Waals surface area contributed by atoms with E-state index >= 15 is 0 Å². The SMILES string of the molecule is Cc1ccc(-n2nc(C(C)(C)C)cc2NC(=O)CN)c(C)c1.Cl. The molecule has 0 aliphatic heterocycles. The lowest BCUT2D eigenvalue weighted by Gasteiger charge is -2.14. The lowest BCUT2D eigenvalue weighted by atomic mass is 9.92. The van der Waals surface area contributed by atoms with Crippen LogP contribution in [0.4, 0.5) is 5.82 Å². The zero-order chi connectivity index (χ0) is 16.5. The molecular weight excluding hydrogens is 312 g/mol. The second-order valence-electron chi connectivity index (χ2n) is 6.62. The third-order valence-corrected chi connectivity index (χ3v) is 3.51. The Bertz CT molecular complexity index is 701. The van der Waals surface area contributed by atoms with Gasteiger partial charge in [0.15, 0.2) is 0 Å². The summed E-state index contributed by atoms with van der Waals surface area (Å²) in [7, 11) is 0. The summed E-state index contributed by atoms with van der Waals surface area (Å²) in [5, 5.41) is 7.52. The predicted molar refractivity (Wildman–Crippen MR) is 96.7 cm³/mol. The molecule has 2 aromatic rings. The Morgan fingerprint density at radius 2 is 1.91 bits per heavy atom. The van der Waals surface area contributed by atoms with Crippen LogP contribution in [0.25, 0.3) is 5.69 Å². The third-order valence-electron chi connectivity index (χ3n) is 3.51. The van der Waals surface area contributed by atoms with E-state index in [9.17, 15) is 4.79 Å². The number of carbonyl (C=O) groups is 1. The first-order valence-corrected chi connectivity index (χ1v) is 7.40. The van der Waals surface area contributed by atoms with Crippen LogP contribution >= 0.6 is 12.4 Å². The molecule has 1 heterocycles. The molecule has 0 aliphatic carbocycles. The Labute approximate surface area is 143 Å². The van der Waals surface area contributed by atoms with Crippen LogP contribution in [0.5, 0.6) is 0 Å². The average Bonchev–Trinajstić information content (AvgIpc) is 2.82. The highest BCUT2D eigenvalue weighted by Gasteiger charge is 2.21. The molecule has 0 radical (unpaired) electrons. The van der Waals surface area contributed by atoms with Gasteiger partial charge in [-0.1, -0.05) is 38.5 Å². The number of anilines is 1. The smallest absolute Gasteiger partial charge is 0.239 e. The first-order valence-electron chi connectivity index (χ1n) is 7.40. The second kappa shape index (κ2) is 7.15. The standard InChI is InChI=1S/C17H24N4O.ClH/c1-11-6-7-13(12(2)8-11)21-15(19-16(22)10-18)9-14(20-21)17(3,4)5;/h6-9H,10,18H2,1-5H3,(H,19,22);1H. The number of rotatable bonds is 3. The molecular formula is C17H25ClN4O. The van der Waals surface area contributed by atoms with Gasteiger partial charge in [0.1, 0.15) is 5.82 Å². The maximum atomic E-state index is 11.7.